The van der Waals surface area contributed by atoms with Crippen molar-refractivity contribution in [1.29, 1.82) is 0 Å². The Morgan fingerprint density at radius 3 is 2.70 bits per heavy atom. The summed E-state index contributed by atoms with van der Waals surface area (Å²) in [5, 5.41) is 11.2. The molecule has 1 rings (SSSR count). The molecule has 5 nitrogen and oxygen atoms in total. The van der Waals surface area contributed by atoms with Crippen molar-refractivity contribution in [3.63, 3.8) is 0 Å². The number of nitrogens with zero attached hydrogens (tertiary/aromatic N) is 1. The van der Waals surface area contributed by atoms with E-state index in [2.05, 4.69) is 17.2 Å². The highest BCUT2D eigenvalue weighted by molar-refractivity contribution is 5.98. The van der Waals surface area contributed by atoms with E-state index in [4.69, 9.17) is 5.11 Å². The smallest absolute Gasteiger partial charge is 0.255 e. The molecule has 0 aliphatic carbocycles. The van der Waals surface area contributed by atoms with Crippen LogP contribution in [0, 0.1) is 18.8 Å². The molecule has 0 saturated carbocycles. The second-order valence-corrected chi connectivity index (χ2v) is 4.34. The topological polar surface area (TPSA) is 69.6 Å². The van der Waals surface area contributed by atoms with Crippen molar-refractivity contribution in [3.8, 4) is 11.8 Å². The molecular formula is C15H18N2O3. The second-order valence-electron chi connectivity index (χ2n) is 4.34. The van der Waals surface area contributed by atoms with Gasteiger partial charge in [-0.2, -0.15) is 0 Å². The summed E-state index contributed by atoms with van der Waals surface area (Å²) in [5.41, 5.74) is 1.94. The molecule has 0 heterocycles. The van der Waals surface area contributed by atoms with Gasteiger partial charge in [0.25, 0.3) is 5.91 Å². The van der Waals surface area contributed by atoms with Gasteiger partial charge >= 0.3 is 0 Å². The number of hydrogen-bond acceptors (Lipinski definition) is 3. The molecule has 0 aliphatic heterocycles. The van der Waals surface area contributed by atoms with E-state index in [1.807, 2.05) is 13.0 Å². The summed E-state index contributed by atoms with van der Waals surface area (Å²) in [6.45, 7) is 1.61. The van der Waals surface area contributed by atoms with Crippen LogP contribution in [0.3, 0.4) is 0 Å². The number of likely N-dealkylation sites (N-methyl/N-ethyl adjacent to an activating group) is 2. The largest absolute Gasteiger partial charge is 0.384 e. The summed E-state index contributed by atoms with van der Waals surface area (Å²) in [7, 11) is 3.07. The zero-order valence-electron chi connectivity index (χ0n) is 11.9. The number of aryl methyl sites for hydroxylation is 1. The van der Waals surface area contributed by atoms with Crippen LogP contribution in [0.15, 0.2) is 18.2 Å². The van der Waals surface area contributed by atoms with Crippen LogP contribution in [0.4, 0.5) is 0 Å². The van der Waals surface area contributed by atoms with Crippen molar-refractivity contribution in [3.05, 3.63) is 34.9 Å². The lowest BCUT2D eigenvalue weighted by Crippen LogP contribution is -2.37. The molecule has 1 aromatic carbocycles. The van der Waals surface area contributed by atoms with E-state index in [1.165, 1.54) is 11.9 Å². The molecular weight excluding hydrogens is 256 g/mol. The van der Waals surface area contributed by atoms with Gasteiger partial charge in [0.1, 0.15) is 6.61 Å². The maximum Gasteiger partial charge on any atom is 0.255 e. The molecule has 0 spiro atoms. The highest BCUT2D eigenvalue weighted by Gasteiger charge is 2.17. The number of benzene rings is 1. The van der Waals surface area contributed by atoms with Crippen LogP contribution in [0.1, 0.15) is 21.5 Å². The minimum absolute atomic E-state index is 0.0178. The Morgan fingerprint density at radius 1 is 1.40 bits per heavy atom. The van der Waals surface area contributed by atoms with Gasteiger partial charge in [0.15, 0.2) is 0 Å². The van der Waals surface area contributed by atoms with Crippen molar-refractivity contribution in [2.24, 2.45) is 0 Å². The molecule has 5 heteroatoms. The highest BCUT2D eigenvalue weighted by Crippen LogP contribution is 2.13. The number of carbonyl (C=O) groups is 2. The number of hydrogen-bond donors (Lipinski definition) is 2. The van der Waals surface area contributed by atoms with E-state index < -0.39 is 0 Å². The van der Waals surface area contributed by atoms with E-state index in [9.17, 15) is 9.59 Å². The Morgan fingerprint density at radius 2 is 2.10 bits per heavy atom. The number of amides is 2. The second kappa shape index (κ2) is 7.31. The summed E-state index contributed by atoms with van der Waals surface area (Å²) >= 11 is 0. The van der Waals surface area contributed by atoms with E-state index in [1.54, 1.807) is 19.2 Å². The molecule has 2 amide bonds. The van der Waals surface area contributed by atoms with Crippen molar-refractivity contribution in [1.82, 2.24) is 10.2 Å². The Labute approximate surface area is 118 Å². The van der Waals surface area contributed by atoms with Crippen LogP contribution < -0.4 is 5.32 Å². The van der Waals surface area contributed by atoms with Crippen LogP contribution >= 0.6 is 0 Å². The Balaban J connectivity index is 3.05. The van der Waals surface area contributed by atoms with Gasteiger partial charge in [0.2, 0.25) is 5.91 Å². The summed E-state index contributed by atoms with van der Waals surface area (Å²) in [4.78, 5) is 24.9. The lowest BCUT2D eigenvalue weighted by molar-refractivity contribution is -0.121. The standard InChI is InChI=1S/C15H18N2O3/c1-11-6-7-13(12(9-11)5-4-8-18)15(20)17(3)10-14(19)16-2/h6-7,9,18H,8,10H2,1-3H3,(H,16,19). The SMILES string of the molecule is CNC(=O)CN(C)C(=O)c1ccc(C)cc1C#CCO. The molecule has 0 aromatic heterocycles. The molecule has 0 saturated heterocycles. The Hall–Kier alpha value is -2.32. The van der Waals surface area contributed by atoms with Gasteiger partial charge < -0.3 is 15.3 Å². The molecule has 0 bridgehead atoms. The Kier molecular flexibility index (Phi) is 5.75. The number of carbonyl (C=O) groups excluding carboxylic acids is 2. The summed E-state index contributed by atoms with van der Waals surface area (Å²) in [5.74, 6) is 4.77. The summed E-state index contributed by atoms with van der Waals surface area (Å²) < 4.78 is 0. The van der Waals surface area contributed by atoms with Gasteiger partial charge in [-0.1, -0.05) is 17.9 Å². The zero-order chi connectivity index (χ0) is 15.1. The van der Waals surface area contributed by atoms with Gasteiger partial charge in [-0.05, 0) is 24.6 Å². The molecule has 0 radical (unpaired) electrons. The fourth-order valence-electron chi connectivity index (χ4n) is 1.65. The van der Waals surface area contributed by atoms with Gasteiger partial charge in [-0.3, -0.25) is 9.59 Å². The monoisotopic (exact) mass is 274 g/mol. The third kappa shape index (κ3) is 4.11. The quantitative estimate of drug-likeness (QED) is 0.771. The van der Waals surface area contributed by atoms with E-state index in [-0.39, 0.29) is 25.0 Å². The molecule has 0 atom stereocenters. The van der Waals surface area contributed by atoms with E-state index in [0.717, 1.165) is 5.56 Å². The number of aliphatic hydroxyl groups excluding tert-OH is 1. The fraction of sp³-hybridized carbons (Fsp3) is 0.333. The number of aliphatic hydroxyl groups is 1. The lowest BCUT2D eigenvalue weighted by atomic mass is 10.0. The first kappa shape index (κ1) is 15.7. The van der Waals surface area contributed by atoms with Crippen LogP contribution in [-0.4, -0.2) is 49.1 Å². The van der Waals surface area contributed by atoms with Crippen LogP contribution in [0.5, 0.6) is 0 Å². The average Bonchev–Trinajstić information content (AvgIpc) is 2.44. The molecule has 0 aliphatic rings. The Bertz CT molecular complexity index is 570. The molecule has 106 valence electrons. The molecule has 0 fully saturated rings. The van der Waals surface area contributed by atoms with Crippen molar-refractivity contribution >= 4 is 11.8 Å². The van der Waals surface area contributed by atoms with E-state index in [0.29, 0.717) is 11.1 Å². The first-order chi connectivity index (χ1) is 9.49. The van der Waals surface area contributed by atoms with Gasteiger partial charge in [-0.15, -0.1) is 0 Å². The first-order valence-electron chi connectivity index (χ1n) is 6.16. The van der Waals surface area contributed by atoms with Crippen molar-refractivity contribution in [2.75, 3.05) is 27.2 Å². The third-order valence-electron chi connectivity index (χ3n) is 2.71. The van der Waals surface area contributed by atoms with Crippen molar-refractivity contribution in [2.45, 2.75) is 6.92 Å². The maximum atomic E-state index is 12.3. The number of rotatable bonds is 3. The lowest BCUT2D eigenvalue weighted by Gasteiger charge is -2.17. The minimum Gasteiger partial charge on any atom is -0.384 e. The normalized spacial score (nSPS) is 9.40. The molecule has 2 N–H and O–H groups in total. The number of nitrogens with one attached hydrogen (secondary N) is 1. The minimum atomic E-state index is -0.282. The molecule has 1 aromatic rings. The van der Waals surface area contributed by atoms with Crippen LogP contribution in [-0.2, 0) is 4.79 Å². The van der Waals surface area contributed by atoms with Gasteiger partial charge in [0.05, 0.1) is 12.1 Å². The highest BCUT2D eigenvalue weighted by atomic mass is 16.2. The fourth-order valence-corrected chi connectivity index (χ4v) is 1.65. The van der Waals surface area contributed by atoms with Gasteiger partial charge in [0, 0.05) is 19.7 Å². The van der Waals surface area contributed by atoms with Crippen LogP contribution in [0.25, 0.3) is 0 Å². The summed E-state index contributed by atoms with van der Waals surface area (Å²) in [6.07, 6.45) is 0. The third-order valence-corrected chi connectivity index (χ3v) is 2.71. The molecule has 0 unspecified atom stereocenters. The maximum absolute atomic E-state index is 12.3. The van der Waals surface area contributed by atoms with E-state index >= 15 is 0 Å². The predicted octanol–water partition coefficient (Wildman–Crippen LogP) is 0.157. The van der Waals surface area contributed by atoms with Crippen molar-refractivity contribution < 1.29 is 14.7 Å². The average molecular weight is 274 g/mol. The zero-order valence-corrected chi connectivity index (χ0v) is 11.9. The van der Waals surface area contributed by atoms with Crippen LogP contribution in [0.2, 0.25) is 0 Å². The molecule has 20 heavy (non-hydrogen) atoms. The first-order valence-corrected chi connectivity index (χ1v) is 6.16. The van der Waals surface area contributed by atoms with Gasteiger partial charge in [-0.25, -0.2) is 0 Å². The summed E-state index contributed by atoms with van der Waals surface area (Å²) in [6, 6.07) is 5.27. The predicted molar refractivity (Wildman–Crippen MR) is 76.2 cm³/mol.